The molecule has 0 saturated heterocycles. The number of amides is 1. The van der Waals surface area contributed by atoms with Gasteiger partial charge in [0.25, 0.3) is 0 Å². The lowest BCUT2D eigenvalue weighted by molar-refractivity contribution is -0.870. The molecule has 0 aliphatic heterocycles. The maximum Gasteiger partial charge on any atom is 0.472 e. The van der Waals surface area contributed by atoms with Crippen molar-refractivity contribution in [2.75, 3.05) is 40.9 Å². The van der Waals surface area contributed by atoms with Gasteiger partial charge in [-0.2, -0.15) is 0 Å². The fourth-order valence-electron chi connectivity index (χ4n) is 7.74. The van der Waals surface area contributed by atoms with Crippen molar-refractivity contribution in [1.82, 2.24) is 5.32 Å². The molecule has 0 heterocycles. The van der Waals surface area contributed by atoms with E-state index >= 15 is 0 Å². The van der Waals surface area contributed by atoms with E-state index in [-0.39, 0.29) is 19.1 Å². The van der Waals surface area contributed by atoms with E-state index in [1.54, 1.807) is 6.08 Å². The minimum absolute atomic E-state index is 0.0460. The quantitative estimate of drug-likeness (QED) is 0.0243. The highest BCUT2D eigenvalue weighted by molar-refractivity contribution is 7.47. The number of phosphoric acid groups is 1. The van der Waals surface area contributed by atoms with Crippen LogP contribution in [0.5, 0.6) is 0 Å². The van der Waals surface area contributed by atoms with E-state index in [4.69, 9.17) is 9.05 Å². The third-order valence-corrected chi connectivity index (χ3v) is 13.2. The van der Waals surface area contributed by atoms with E-state index < -0.39 is 20.0 Å². The highest BCUT2D eigenvalue weighted by atomic mass is 31.2. The minimum atomic E-state index is -4.37. The van der Waals surface area contributed by atoms with Crippen molar-refractivity contribution in [3.05, 3.63) is 109 Å². The van der Waals surface area contributed by atoms with Crippen LogP contribution in [-0.2, 0) is 18.4 Å². The molecule has 0 aromatic carbocycles. The lowest BCUT2D eigenvalue weighted by Gasteiger charge is -2.25. The molecular formula is C62H110N2O6P+. The van der Waals surface area contributed by atoms with E-state index in [1.807, 2.05) is 27.2 Å². The second-order valence-corrected chi connectivity index (χ2v) is 21.7. The number of hydrogen-bond donors (Lipinski definition) is 3. The van der Waals surface area contributed by atoms with E-state index in [0.717, 1.165) is 103 Å². The molecule has 0 spiro atoms. The van der Waals surface area contributed by atoms with Gasteiger partial charge in [0.15, 0.2) is 0 Å². The number of aliphatic hydroxyl groups is 1. The summed E-state index contributed by atoms with van der Waals surface area (Å²) in [5.74, 6) is -0.209. The first-order valence-electron chi connectivity index (χ1n) is 28.8. The Balaban J connectivity index is 4.36. The molecule has 3 N–H and O–H groups in total. The SMILES string of the molecule is CC/C=C\C/C=C\C/C=C\C/C=C\C/C=C\C/C=C\C/C=C\CCCCCCCC(=O)NC(COP(=O)(O)OCC[N+](C)(C)C)C(O)/C=C/CC/C=C/CCCCCCCCCCCCCCCCCC. The Morgan fingerprint density at radius 1 is 0.493 bits per heavy atom. The summed E-state index contributed by atoms with van der Waals surface area (Å²) >= 11 is 0. The normalized spacial score (nSPS) is 14.7. The monoisotopic (exact) mass is 1010 g/mol. The van der Waals surface area contributed by atoms with Crippen LogP contribution < -0.4 is 5.32 Å². The van der Waals surface area contributed by atoms with Crippen molar-refractivity contribution in [3.63, 3.8) is 0 Å². The topological polar surface area (TPSA) is 105 Å². The zero-order chi connectivity index (χ0) is 52.0. The first kappa shape index (κ1) is 68.2. The number of phosphoric ester groups is 1. The zero-order valence-corrected chi connectivity index (χ0v) is 47.3. The van der Waals surface area contributed by atoms with E-state index in [2.05, 4.69) is 116 Å². The van der Waals surface area contributed by atoms with Gasteiger partial charge in [-0.3, -0.25) is 13.8 Å². The third kappa shape index (κ3) is 54.8. The molecule has 0 aliphatic rings. The van der Waals surface area contributed by atoms with Crippen LogP contribution in [0.4, 0.5) is 0 Å². The van der Waals surface area contributed by atoms with Gasteiger partial charge in [-0.1, -0.05) is 239 Å². The molecular weight excluding hydrogens is 900 g/mol. The number of nitrogens with one attached hydrogen (secondary N) is 1. The Morgan fingerprint density at radius 3 is 1.30 bits per heavy atom. The number of unbranched alkanes of at least 4 members (excludes halogenated alkanes) is 22. The molecule has 408 valence electrons. The number of rotatable bonds is 51. The van der Waals surface area contributed by atoms with Gasteiger partial charge in [-0.15, -0.1) is 0 Å². The van der Waals surface area contributed by atoms with Crippen LogP contribution >= 0.6 is 7.82 Å². The molecule has 0 fully saturated rings. The molecule has 0 radical (unpaired) electrons. The number of likely N-dealkylation sites (N-methyl/N-ethyl adjacent to an activating group) is 1. The number of aliphatic hydroxyl groups excluding tert-OH is 1. The number of carbonyl (C=O) groups excluding carboxylic acids is 1. The van der Waals surface area contributed by atoms with Crippen molar-refractivity contribution in [2.24, 2.45) is 0 Å². The maximum atomic E-state index is 13.0. The summed E-state index contributed by atoms with van der Waals surface area (Å²) in [6, 6.07) is -0.883. The molecule has 0 aromatic rings. The largest absolute Gasteiger partial charge is 0.472 e. The fourth-order valence-corrected chi connectivity index (χ4v) is 8.48. The fraction of sp³-hybridized carbons (Fsp3) is 0.694. The summed E-state index contributed by atoms with van der Waals surface area (Å²) in [4.78, 5) is 23.3. The van der Waals surface area contributed by atoms with Crippen molar-refractivity contribution in [1.29, 1.82) is 0 Å². The Hall–Kier alpha value is -2.84. The maximum absolute atomic E-state index is 13.0. The molecule has 71 heavy (non-hydrogen) atoms. The number of allylic oxidation sites excluding steroid dienone is 17. The zero-order valence-electron chi connectivity index (χ0n) is 46.4. The highest BCUT2D eigenvalue weighted by Gasteiger charge is 2.27. The predicted molar refractivity (Wildman–Crippen MR) is 309 cm³/mol. The summed E-state index contributed by atoms with van der Waals surface area (Å²) in [5.41, 5.74) is 0. The Kier molecular flexibility index (Phi) is 50.0. The minimum Gasteiger partial charge on any atom is -0.387 e. The first-order valence-corrected chi connectivity index (χ1v) is 30.3. The van der Waals surface area contributed by atoms with Crippen LogP contribution in [0, 0.1) is 0 Å². The van der Waals surface area contributed by atoms with Gasteiger partial charge in [0.2, 0.25) is 5.91 Å². The number of nitrogens with zero attached hydrogens (tertiary/aromatic N) is 1. The highest BCUT2D eigenvalue weighted by Crippen LogP contribution is 2.43. The Morgan fingerprint density at radius 2 is 0.859 bits per heavy atom. The number of hydrogen-bond acceptors (Lipinski definition) is 5. The van der Waals surface area contributed by atoms with E-state index in [9.17, 15) is 19.4 Å². The molecule has 0 bridgehead atoms. The van der Waals surface area contributed by atoms with Crippen molar-refractivity contribution in [3.8, 4) is 0 Å². The molecule has 1 amide bonds. The van der Waals surface area contributed by atoms with Gasteiger partial charge in [-0.05, 0) is 89.9 Å². The lowest BCUT2D eigenvalue weighted by Crippen LogP contribution is -2.45. The van der Waals surface area contributed by atoms with Crippen molar-refractivity contribution in [2.45, 2.75) is 238 Å². The van der Waals surface area contributed by atoms with Crippen LogP contribution in [0.3, 0.4) is 0 Å². The van der Waals surface area contributed by atoms with Gasteiger partial charge in [0, 0.05) is 6.42 Å². The predicted octanol–water partition coefficient (Wildman–Crippen LogP) is 17.6. The van der Waals surface area contributed by atoms with Crippen LogP contribution in [0.2, 0.25) is 0 Å². The van der Waals surface area contributed by atoms with Gasteiger partial charge in [-0.25, -0.2) is 4.57 Å². The first-order chi connectivity index (χ1) is 34.5. The van der Waals surface area contributed by atoms with E-state index in [1.165, 1.54) is 103 Å². The molecule has 0 rings (SSSR count). The van der Waals surface area contributed by atoms with Gasteiger partial charge < -0.3 is 19.8 Å². The standard InChI is InChI=1S/C62H109N2O6P/c1-6-8-10-12-14-16-18-20-22-24-26-28-30-31-32-33-34-36-38-40-42-44-46-48-50-52-54-56-62(66)63-60(59-70-71(67,68)69-58-57-64(3,4)5)61(65)55-53-51-49-47-45-43-41-39-37-35-29-27-25-23-21-19-17-15-13-11-9-7-2/h8,10,14,16,20,22,26,28,31-32,34,36,40,42,45,47,53,55,60-61,65H,6-7,9,11-13,15,17-19,21,23-25,27,29-30,33,35,37-39,41,43-44,46,48-52,54,56-59H2,1-5H3,(H-,63,66,67,68)/p+1/b10-8-,16-14-,22-20-,28-26-,32-31-,36-34-,42-40-,47-45+,55-53+. The van der Waals surface area contributed by atoms with Gasteiger partial charge in [0.05, 0.1) is 39.9 Å². The lowest BCUT2D eigenvalue weighted by atomic mass is 10.0. The summed E-state index contributed by atoms with van der Waals surface area (Å²) in [6.45, 7) is 4.66. The van der Waals surface area contributed by atoms with Crippen LogP contribution in [-0.4, -0.2) is 73.4 Å². The second-order valence-electron chi connectivity index (χ2n) is 20.3. The average Bonchev–Trinajstić information content (AvgIpc) is 3.33. The number of carbonyl (C=O) groups is 1. The Labute approximate surface area is 438 Å². The second kappa shape index (κ2) is 52.0. The summed E-state index contributed by atoms with van der Waals surface area (Å²) < 4.78 is 23.7. The Bertz CT molecular complexity index is 1520. The molecule has 3 atom stereocenters. The van der Waals surface area contributed by atoms with Crippen molar-refractivity contribution < 1.29 is 32.9 Å². The molecule has 0 aromatic heterocycles. The molecule has 8 nitrogen and oxygen atoms in total. The summed E-state index contributed by atoms with van der Waals surface area (Å²) in [5, 5.41) is 13.9. The third-order valence-electron chi connectivity index (χ3n) is 12.2. The van der Waals surface area contributed by atoms with Crippen LogP contribution in [0.25, 0.3) is 0 Å². The van der Waals surface area contributed by atoms with E-state index in [0.29, 0.717) is 17.4 Å². The molecule has 9 heteroatoms. The number of quaternary nitrogens is 1. The summed E-state index contributed by atoms with van der Waals surface area (Å²) in [6.07, 6.45) is 76.2. The average molecular weight is 1010 g/mol. The molecule has 0 saturated carbocycles. The molecule has 3 unspecified atom stereocenters. The summed E-state index contributed by atoms with van der Waals surface area (Å²) in [7, 11) is 1.53. The molecule has 0 aliphatic carbocycles. The van der Waals surface area contributed by atoms with Crippen molar-refractivity contribution >= 4 is 13.7 Å². The smallest absolute Gasteiger partial charge is 0.387 e. The van der Waals surface area contributed by atoms with Crippen LogP contribution in [0.15, 0.2) is 109 Å². The van der Waals surface area contributed by atoms with Gasteiger partial charge in [0.1, 0.15) is 13.2 Å². The van der Waals surface area contributed by atoms with Crippen LogP contribution in [0.1, 0.15) is 226 Å². The van der Waals surface area contributed by atoms with Gasteiger partial charge >= 0.3 is 7.82 Å².